The lowest BCUT2D eigenvalue weighted by atomic mass is 10.0. The van der Waals surface area contributed by atoms with Crippen molar-refractivity contribution in [1.82, 2.24) is 0 Å². The van der Waals surface area contributed by atoms with E-state index in [2.05, 4.69) is 0 Å². The Hall–Kier alpha value is -2.54. The Balaban J connectivity index is 2.20. The van der Waals surface area contributed by atoms with E-state index in [1.54, 1.807) is 36.4 Å². The minimum absolute atomic E-state index is 0.229. The molecule has 154 valence electrons. The van der Waals surface area contributed by atoms with Crippen LogP contribution in [-0.4, -0.2) is 50.7 Å². The molecule has 0 saturated carbocycles. The van der Waals surface area contributed by atoms with Crippen LogP contribution < -0.4 is 20.9 Å². The van der Waals surface area contributed by atoms with Crippen LogP contribution in [0.3, 0.4) is 0 Å². The van der Waals surface area contributed by atoms with E-state index >= 15 is 0 Å². The van der Waals surface area contributed by atoms with Crippen molar-refractivity contribution in [3.8, 4) is 22.6 Å². The predicted octanol–water partition coefficient (Wildman–Crippen LogP) is 1.05. The molecule has 2 rings (SSSR count). The van der Waals surface area contributed by atoms with E-state index in [1.165, 1.54) is 0 Å². The van der Waals surface area contributed by atoms with E-state index in [9.17, 15) is 16.8 Å². The number of hydrogen-bond donors (Lipinski definition) is 4. The number of anilines is 2. The highest BCUT2D eigenvalue weighted by Crippen LogP contribution is 2.33. The minimum atomic E-state index is -4.16. The van der Waals surface area contributed by atoms with Crippen LogP contribution in [0.25, 0.3) is 11.1 Å². The number of hydrogen-bond acceptors (Lipinski definition) is 8. The fourth-order valence-corrected chi connectivity index (χ4v) is 2.78. The summed E-state index contributed by atoms with van der Waals surface area (Å²) in [4.78, 5) is 0. The lowest BCUT2D eigenvalue weighted by molar-refractivity contribution is 0.336. The first-order valence-electron chi connectivity index (χ1n) is 7.90. The lowest BCUT2D eigenvalue weighted by Crippen LogP contribution is -2.13. The predicted molar refractivity (Wildman–Crippen MR) is 105 cm³/mol. The van der Waals surface area contributed by atoms with E-state index in [-0.39, 0.29) is 36.1 Å². The minimum Gasteiger partial charge on any atom is -0.490 e. The fraction of sp³-hybridized carbons (Fsp3) is 0.250. The Bertz CT molecular complexity index is 967. The molecular formula is C16H20N2O8S2. The summed E-state index contributed by atoms with van der Waals surface area (Å²) in [5.74, 6) is -0.701. The first-order chi connectivity index (χ1) is 12.9. The molecule has 0 aromatic heterocycles. The van der Waals surface area contributed by atoms with Gasteiger partial charge < -0.3 is 20.9 Å². The molecule has 0 fully saturated rings. The molecule has 0 aliphatic heterocycles. The van der Waals surface area contributed by atoms with Gasteiger partial charge >= 0.3 is 0 Å². The zero-order valence-corrected chi connectivity index (χ0v) is 16.2. The number of nitrogens with two attached hydrogens (primary N) is 2. The molecule has 0 bridgehead atoms. The molecule has 0 radical (unpaired) electrons. The highest BCUT2D eigenvalue weighted by atomic mass is 32.2. The molecule has 2 aromatic carbocycles. The van der Waals surface area contributed by atoms with Crippen molar-refractivity contribution >= 4 is 31.6 Å². The molecule has 0 aliphatic rings. The summed E-state index contributed by atoms with van der Waals surface area (Å²) >= 11 is 0. The van der Waals surface area contributed by atoms with E-state index < -0.39 is 31.7 Å². The number of nitrogen functional groups attached to an aromatic ring is 2. The van der Waals surface area contributed by atoms with Crippen molar-refractivity contribution in [3.63, 3.8) is 0 Å². The maximum Gasteiger partial charge on any atom is 0.268 e. The molecule has 28 heavy (non-hydrogen) atoms. The monoisotopic (exact) mass is 432 g/mol. The molecule has 0 heterocycles. The summed E-state index contributed by atoms with van der Waals surface area (Å²) in [6.45, 7) is -0.559. The topological polar surface area (TPSA) is 179 Å². The third-order valence-electron chi connectivity index (χ3n) is 3.56. The highest BCUT2D eigenvalue weighted by molar-refractivity contribution is 7.86. The van der Waals surface area contributed by atoms with Crippen LogP contribution >= 0.6 is 0 Å². The average Bonchev–Trinajstić information content (AvgIpc) is 2.56. The summed E-state index contributed by atoms with van der Waals surface area (Å²) in [7, 11) is -8.31. The van der Waals surface area contributed by atoms with Gasteiger partial charge in [0.05, 0.1) is 11.4 Å². The maximum absolute atomic E-state index is 10.8. The average molecular weight is 432 g/mol. The fourth-order valence-electron chi connectivity index (χ4n) is 2.19. The maximum atomic E-state index is 10.8. The van der Waals surface area contributed by atoms with Gasteiger partial charge in [-0.2, -0.15) is 16.8 Å². The molecule has 0 aliphatic carbocycles. The largest absolute Gasteiger partial charge is 0.490 e. The smallest absolute Gasteiger partial charge is 0.268 e. The van der Waals surface area contributed by atoms with Crippen molar-refractivity contribution < 1.29 is 35.4 Å². The molecular weight excluding hydrogens is 412 g/mol. The van der Waals surface area contributed by atoms with Crippen molar-refractivity contribution in [3.05, 3.63) is 36.4 Å². The van der Waals surface area contributed by atoms with Gasteiger partial charge in [-0.25, -0.2) is 0 Å². The van der Waals surface area contributed by atoms with Crippen LogP contribution in [-0.2, 0) is 20.2 Å². The van der Waals surface area contributed by atoms with Gasteiger partial charge in [0.25, 0.3) is 20.2 Å². The van der Waals surface area contributed by atoms with E-state index in [0.29, 0.717) is 11.1 Å². The molecule has 2 aromatic rings. The van der Waals surface area contributed by atoms with E-state index in [4.69, 9.17) is 30.0 Å². The summed E-state index contributed by atoms with van der Waals surface area (Å²) in [5.41, 5.74) is 13.5. The summed E-state index contributed by atoms with van der Waals surface area (Å²) < 4.78 is 71.3. The molecule has 0 atom stereocenters. The molecule has 0 amide bonds. The third kappa shape index (κ3) is 6.88. The zero-order chi connectivity index (χ0) is 20.9. The van der Waals surface area contributed by atoms with Gasteiger partial charge in [0.15, 0.2) is 0 Å². The quantitative estimate of drug-likeness (QED) is 0.330. The number of ether oxygens (including phenoxy) is 2. The van der Waals surface area contributed by atoms with Crippen LogP contribution in [0.15, 0.2) is 36.4 Å². The number of rotatable bonds is 9. The number of benzene rings is 2. The van der Waals surface area contributed by atoms with Crippen LogP contribution in [0.4, 0.5) is 11.4 Å². The first kappa shape index (κ1) is 21.8. The van der Waals surface area contributed by atoms with Gasteiger partial charge in [-0.05, 0) is 35.4 Å². The molecule has 0 saturated heterocycles. The first-order valence-corrected chi connectivity index (χ1v) is 11.1. The van der Waals surface area contributed by atoms with Gasteiger partial charge in [0.1, 0.15) is 36.2 Å². The Labute approximate surface area is 162 Å². The van der Waals surface area contributed by atoms with Crippen LogP contribution in [0.2, 0.25) is 0 Å². The van der Waals surface area contributed by atoms with Gasteiger partial charge in [0, 0.05) is 0 Å². The van der Waals surface area contributed by atoms with Crippen molar-refractivity contribution in [2.75, 3.05) is 36.2 Å². The SMILES string of the molecule is Nc1ccc(-c2ccc(N)c(OCCS(=O)(=O)O)c2)cc1OCCS(=O)(=O)O. The van der Waals surface area contributed by atoms with E-state index in [1.807, 2.05) is 0 Å². The zero-order valence-electron chi connectivity index (χ0n) is 14.6. The van der Waals surface area contributed by atoms with Gasteiger partial charge in [-0.1, -0.05) is 12.1 Å². The second-order valence-corrected chi connectivity index (χ2v) is 8.92. The second kappa shape index (κ2) is 8.65. The van der Waals surface area contributed by atoms with Crippen molar-refractivity contribution in [1.29, 1.82) is 0 Å². The summed E-state index contributed by atoms with van der Waals surface area (Å²) in [6.07, 6.45) is 0. The molecule has 0 unspecified atom stereocenters. The second-order valence-electron chi connectivity index (χ2n) is 5.77. The van der Waals surface area contributed by atoms with Gasteiger partial charge in [-0.3, -0.25) is 9.11 Å². The highest BCUT2D eigenvalue weighted by Gasteiger charge is 2.11. The van der Waals surface area contributed by atoms with Crippen molar-refractivity contribution in [2.24, 2.45) is 0 Å². The summed E-state index contributed by atoms with van der Waals surface area (Å²) in [6, 6.07) is 9.66. The molecule has 0 spiro atoms. The Morgan fingerprint density at radius 3 is 1.39 bits per heavy atom. The van der Waals surface area contributed by atoms with E-state index in [0.717, 1.165) is 0 Å². The van der Waals surface area contributed by atoms with Crippen molar-refractivity contribution in [2.45, 2.75) is 0 Å². The van der Waals surface area contributed by atoms with Crippen LogP contribution in [0.5, 0.6) is 11.5 Å². The Kier molecular flexibility index (Phi) is 6.72. The van der Waals surface area contributed by atoms with Crippen LogP contribution in [0.1, 0.15) is 0 Å². The standard InChI is InChI=1S/C16H20N2O8S2/c17-13-3-1-11(9-15(13)25-5-7-27(19,20)21)12-2-4-14(18)16(10-12)26-6-8-28(22,23)24/h1-4,9-10H,5-8,17-18H2,(H,19,20,21)(H,22,23,24). The summed E-state index contributed by atoms with van der Waals surface area (Å²) in [5, 5.41) is 0. The Morgan fingerprint density at radius 2 is 1.07 bits per heavy atom. The van der Waals surface area contributed by atoms with Crippen LogP contribution in [0, 0.1) is 0 Å². The lowest BCUT2D eigenvalue weighted by Gasteiger charge is -2.13. The Morgan fingerprint density at radius 1 is 0.714 bits per heavy atom. The molecule has 6 N–H and O–H groups in total. The third-order valence-corrected chi connectivity index (χ3v) is 4.92. The normalized spacial score (nSPS) is 11.9. The van der Waals surface area contributed by atoms with Gasteiger partial charge in [0.2, 0.25) is 0 Å². The molecule has 12 heteroatoms. The van der Waals surface area contributed by atoms with Gasteiger partial charge in [-0.15, -0.1) is 0 Å². The molecule has 10 nitrogen and oxygen atoms in total.